The van der Waals surface area contributed by atoms with Crippen LogP contribution in [0.5, 0.6) is 0 Å². The third kappa shape index (κ3) is 4.23. The van der Waals surface area contributed by atoms with E-state index in [-0.39, 0.29) is 42.2 Å². The molecule has 1 saturated carbocycles. The number of nitrogens with two attached hydrogens (primary N) is 1. The number of nitrogens with one attached hydrogen (secondary N) is 2. The summed E-state index contributed by atoms with van der Waals surface area (Å²) in [5, 5.41) is 16.1. The number of primary amides is 1. The minimum absolute atomic E-state index is 0.104. The summed E-state index contributed by atoms with van der Waals surface area (Å²) < 4.78 is 0. The predicted octanol–water partition coefficient (Wildman–Crippen LogP) is 2.00. The van der Waals surface area contributed by atoms with Gasteiger partial charge in [-0.05, 0) is 36.0 Å². The van der Waals surface area contributed by atoms with Gasteiger partial charge in [-0.2, -0.15) is 0 Å². The highest BCUT2D eigenvalue weighted by molar-refractivity contribution is 6.34. The highest BCUT2D eigenvalue weighted by Crippen LogP contribution is 2.47. The molecule has 0 spiro atoms. The van der Waals surface area contributed by atoms with E-state index >= 15 is 0 Å². The van der Waals surface area contributed by atoms with Crippen molar-refractivity contribution < 1.29 is 19.5 Å². The molecular weight excluding hydrogens is 508 g/mol. The first-order valence-electron chi connectivity index (χ1n) is 12.6. The first kappa shape index (κ1) is 24.6. The fourth-order valence-electron chi connectivity index (χ4n) is 6.09. The van der Waals surface area contributed by atoms with Gasteiger partial charge in [-0.15, -0.1) is 0 Å². The number of carbonyl (C=O) groups is 3. The van der Waals surface area contributed by atoms with E-state index < -0.39 is 12.0 Å². The van der Waals surface area contributed by atoms with Crippen LogP contribution in [0.25, 0.3) is 0 Å². The number of aromatic nitrogens is 1. The quantitative estimate of drug-likeness (QED) is 0.414. The average Bonchev–Trinajstić information content (AvgIpc) is 3.65. The average molecular weight is 535 g/mol. The monoisotopic (exact) mass is 534 g/mol. The van der Waals surface area contributed by atoms with E-state index in [0.29, 0.717) is 41.5 Å². The topological polar surface area (TPSA) is 150 Å². The predicted molar refractivity (Wildman–Crippen MR) is 142 cm³/mol. The van der Waals surface area contributed by atoms with Crippen molar-refractivity contribution in [2.24, 2.45) is 28.5 Å². The van der Waals surface area contributed by atoms with Crippen molar-refractivity contribution in [2.75, 3.05) is 25.0 Å². The van der Waals surface area contributed by atoms with Gasteiger partial charge in [0.05, 0.1) is 28.0 Å². The van der Waals surface area contributed by atoms with Crippen LogP contribution in [0.3, 0.4) is 0 Å². The number of piperazine rings is 1. The Kier molecular flexibility index (Phi) is 6.16. The fraction of sp³-hybridized carbons (Fsp3) is 0.370. The molecule has 38 heavy (non-hydrogen) atoms. The SMILES string of the molecule is NC(=O)[C@@H]1[C@H](Nc2c(Cl)cnc3c2N=C(c2cccc(C(=O)N4CCNC(C(=O)O)C4)c2)C3)[C@H]2C=C[C@@H]1C2. The molecular formula is C27H27ClN6O4. The lowest BCUT2D eigenvalue weighted by Gasteiger charge is -2.31. The molecule has 196 valence electrons. The van der Waals surface area contributed by atoms with Crippen LogP contribution in [0.1, 0.15) is 28.0 Å². The number of rotatable bonds is 6. The van der Waals surface area contributed by atoms with Gasteiger partial charge in [0.25, 0.3) is 5.91 Å². The smallest absolute Gasteiger partial charge is 0.322 e. The normalized spacial score (nSPS) is 27.2. The van der Waals surface area contributed by atoms with Crippen molar-refractivity contribution in [2.45, 2.75) is 24.9 Å². The van der Waals surface area contributed by atoms with Crippen LogP contribution in [-0.2, 0) is 16.0 Å². The van der Waals surface area contributed by atoms with Gasteiger partial charge in [0.15, 0.2) is 0 Å². The molecule has 2 aromatic rings. The second-order valence-corrected chi connectivity index (χ2v) is 10.6. The Balaban J connectivity index is 1.26. The van der Waals surface area contributed by atoms with Crippen molar-refractivity contribution in [3.8, 4) is 0 Å². The molecule has 2 fully saturated rings. The molecule has 2 aliphatic carbocycles. The Morgan fingerprint density at radius 3 is 2.82 bits per heavy atom. The van der Waals surface area contributed by atoms with Crippen molar-refractivity contribution in [3.63, 3.8) is 0 Å². The number of nitrogens with zero attached hydrogens (tertiary/aromatic N) is 3. The Labute approximate surface area is 224 Å². The molecule has 1 unspecified atom stereocenters. The van der Waals surface area contributed by atoms with Gasteiger partial charge in [-0.1, -0.05) is 35.9 Å². The summed E-state index contributed by atoms with van der Waals surface area (Å²) in [5.74, 6) is -1.52. The molecule has 10 nitrogen and oxygen atoms in total. The number of carboxylic acids is 1. The summed E-state index contributed by atoms with van der Waals surface area (Å²) in [6, 6.07) is 6.23. The number of allylic oxidation sites excluding steroid dienone is 1. The maximum absolute atomic E-state index is 13.2. The number of amides is 2. The lowest BCUT2D eigenvalue weighted by atomic mass is 9.88. The summed E-state index contributed by atoms with van der Waals surface area (Å²) in [4.78, 5) is 47.7. The van der Waals surface area contributed by atoms with E-state index in [4.69, 9.17) is 22.3 Å². The fourth-order valence-corrected chi connectivity index (χ4v) is 6.29. The number of hydrogen-bond acceptors (Lipinski definition) is 7. The van der Waals surface area contributed by atoms with E-state index in [1.54, 1.807) is 29.3 Å². The largest absolute Gasteiger partial charge is 0.480 e. The van der Waals surface area contributed by atoms with Gasteiger partial charge in [0.2, 0.25) is 5.91 Å². The Morgan fingerprint density at radius 1 is 1.21 bits per heavy atom. The lowest BCUT2D eigenvalue weighted by molar-refractivity contribution is -0.140. The van der Waals surface area contributed by atoms with Gasteiger partial charge in [0, 0.05) is 43.9 Å². The first-order chi connectivity index (χ1) is 18.3. The van der Waals surface area contributed by atoms with Crippen molar-refractivity contribution in [1.29, 1.82) is 0 Å². The van der Waals surface area contributed by atoms with Crippen LogP contribution in [0.15, 0.2) is 47.6 Å². The molecule has 2 aliphatic heterocycles. The molecule has 1 aromatic heterocycles. The van der Waals surface area contributed by atoms with Crippen LogP contribution < -0.4 is 16.4 Å². The number of carbonyl (C=O) groups excluding carboxylic acids is 2. The van der Waals surface area contributed by atoms with Crippen LogP contribution >= 0.6 is 11.6 Å². The van der Waals surface area contributed by atoms with Gasteiger partial charge in [0.1, 0.15) is 11.7 Å². The second-order valence-electron chi connectivity index (χ2n) is 10.2. The number of anilines is 1. The van der Waals surface area contributed by atoms with Crippen LogP contribution in [-0.4, -0.2) is 70.2 Å². The molecule has 1 aromatic carbocycles. The summed E-state index contributed by atoms with van der Waals surface area (Å²) in [5.41, 5.74) is 9.75. The third-order valence-corrected chi connectivity index (χ3v) is 8.25. The standard InChI is InChI=1S/C27H27ClN6O4/c28-17-11-31-19-10-18(32-24(19)23(17)33-22-15-5-4-14(9-15)21(22)25(29)35)13-2-1-3-16(8-13)26(36)34-7-6-30-20(12-34)27(37)38/h1-5,8,11,14-15,20-22,30H,6-7,9-10,12H2,(H2,29,35)(H,31,33)(H,37,38)/t14-,15+,20?,21+,22-/m1/s1. The molecule has 6 rings (SSSR count). The molecule has 4 aliphatic rings. The van der Waals surface area contributed by atoms with E-state index in [0.717, 1.165) is 23.4 Å². The van der Waals surface area contributed by atoms with Crippen LogP contribution in [0, 0.1) is 17.8 Å². The molecule has 0 radical (unpaired) electrons. The summed E-state index contributed by atoms with van der Waals surface area (Å²) in [6.07, 6.45) is 7.14. The number of pyridine rings is 1. The summed E-state index contributed by atoms with van der Waals surface area (Å²) in [7, 11) is 0. The van der Waals surface area contributed by atoms with Crippen molar-refractivity contribution in [3.05, 3.63) is 64.5 Å². The van der Waals surface area contributed by atoms with Crippen LogP contribution in [0.4, 0.5) is 11.4 Å². The molecule has 5 N–H and O–H groups in total. The van der Waals surface area contributed by atoms with Crippen molar-refractivity contribution in [1.82, 2.24) is 15.2 Å². The highest BCUT2D eigenvalue weighted by atomic mass is 35.5. The minimum atomic E-state index is -0.978. The van der Waals surface area contributed by atoms with Gasteiger partial charge >= 0.3 is 5.97 Å². The summed E-state index contributed by atoms with van der Waals surface area (Å²) >= 11 is 6.57. The number of carboxylic acid groups (broad SMARTS) is 1. The molecule has 11 heteroatoms. The number of fused-ring (bicyclic) bond motifs is 3. The van der Waals surface area contributed by atoms with Crippen molar-refractivity contribution >= 4 is 46.5 Å². The van der Waals surface area contributed by atoms with Gasteiger partial charge in [-0.3, -0.25) is 19.4 Å². The Hall–Kier alpha value is -3.76. The summed E-state index contributed by atoms with van der Waals surface area (Å²) in [6.45, 7) is 0.954. The Bertz CT molecular complexity index is 1410. The zero-order chi connectivity index (χ0) is 26.6. The number of benzene rings is 1. The zero-order valence-electron chi connectivity index (χ0n) is 20.4. The number of hydrogen-bond donors (Lipinski definition) is 4. The minimum Gasteiger partial charge on any atom is -0.480 e. The molecule has 3 heterocycles. The van der Waals surface area contributed by atoms with E-state index in [2.05, 4.69) is 27.8 Å². The zero-order valence-corrected chi connectivity index (χ0v) is 21.2. The maximum atomic E-state index is 13.2. The lowest BCUT2D eigenvalue weighted by Crippen LogP contribution is -2.55. The second kappa shape index (κ2) is 9.52. The molecule has 2 amide bonds. The molecule has 1 saturated heterocycles. The Morgan fingerprint density at radius 2 is 2.03 bits per heavy atom. The number of aliphatic carboxylic acids is 1. The molecule has 2 bridgehead atoms. The van der Waals surface area contributed by atoms with Gasteiger partial charge < -0.3 is 26.4 Å². The van der Waals surface area contributed by atoms with Gasteiger partial charge in [-0.25, -0.2) is 4.99 Å². The van der Waals surface area contributed by atoms with Crippen LogP contribution in [0.2, 0.25) is 5.02 Å². The van der Waals surface area contributed by atoms with E-state index in [9.17, 15) is 19.5 Å². The number of halogens is 1. The van der Waals surface area contributed by atoms with E-state index in [1.807, 2.05) is 6.07 Å². The highest BCUT2D eigenvalue weighted by Gasteiger charge is 2.48. The van der Waals surface area contributed by atoms with E-state index in [1.165, 1.54) is 0 Å². The third-order valence-electron chi connectivity index (χ3n) is 7.97. The maximum Gasteiger partial charge on any atom is 0.322 e. The first-order valence-corrected chi connectivity index (χ1v) is 13.0. The molecule has 5 atom stereocenters. The number of aliphatic imine (C=N–C) groups is 1.